The minimum absolute atomic E-state index is 0.151. The van der Waals surface area contributed by atoms with Crippen LogP contribution in [0, 0.1) is 13.8 Å². The molecular formula is C21H31N3O4. The van der Waals surface area contributed by atoms with Crippen molar-refractivity contribution >= 4 is 17.6 Å². The minimum Gasteiger partial charge on any atom is -0.377 e. The third-order valence-electron chi connectivity index (χ3n) is 5.22. The summed E-state index contributed by atoms with van der Waals surface area (Å²) < 4.78 is 11.4. The number of amides is 3. The average Bonchev–Trinajstić information content (AvgIpc) is 3.31. The molecule has 7 nitrogen and oxygen atoms in total. The molecule has 0 spiro atoms. The summed E-state index contributed by atoms with van der Waals surface area (Å²) in [5.74, 6) is -0.321. The van der Waals surface area contributed by atoms with Gasteiger partial charge in [-0.2, -0.15) is 0 Å². The van der Waals surface area contributed by atoms with Crippen molar-refractivity contribution in [2.24, 2.45) is 0 Å². The second kappa shape index (κ2) is 10.0. The number of hydrogen-bond acceptors (Lipinski definition) is 5. The van der Waals surface area contributed by atoms with Crippen LogP contribution in [0.1, 0.15) is 36.8 Å². The van der Waals surface area contributed by atoms with Gasteiger partial charge in [-0.25, -0.2) is 4.79 Å². The molecule has 154 valence electrons. The minimum atomic E-state index is -0.508. The molecule has 0 radical (unpaired) electrons. The Balaban J connectivity index is 1.51. The van der Waals surface area contributed by atoms with Gasteiger partial charge in [0, 0.05) is 32.0 Å². The quantitative estimate of drug-likeness (QED) is 0.749. The number of aryl methyl sites for hydroxylation is 2. The number of hydrogen-bond donors (Lipinski definition) is 2. The predicted molar refractivity (Wildman–Crippen MR) is 107 cm³/mol. The number of carbonyl (C=O) groups is 2. The van der Waals surface area contributed by atoms with Crippen molar-refractivity contribution in [3.63, 3.8) is 0 Å². The predicted octanol–water partition coefficient (Wildman–Crippen LogP) is 2.61. The summed E-state index contributed by atoms with van der Waals surface area (Å²) in [5.41, 5.74) is 2.78. The van der Waals surface area contributed by atoms with Crippen LogP contribution in [0.15, 0.2) is 18.2 Å². The molecule has 28 heavy (non-hydrogen) atoms. The van der Waals surface area contributed by atoms with Crippen LogP contribution in [0.3, 0.4) is 0 Å². The first-order valence-electron chi connectivity index (χ1n) is 10.1. The molecule has 2 saturated heterocycles. The van der Waals surface area contributed by atoms with Crippen molar-refractivity contribution in [3.8, 4) is 0 Å². The van der Waals surface area contributed by atoms with Crippen LogP contribution in [-0.4, -0.2) is 61.9 Å². The number of carbonyl (C=O) groups excluding carboxylic acids is 2. The Morgan fingerprint density at radius 1 is 1.07 bits per heavy atom. The molecule has 2 aliphatic rings. The van der Waals surface area contributed by atoms with E-state index in [1.54, 1.807) is 0 Å². The van der Waals surface area contributed by atoms with E-state index in [9.17, 15) is 9.59 Å². The van der Waals surface area contributed by atoms with Gasteiger partial charge in [0.2, 0.25) is 5.91 Å². The van der Waals surface area contributed by atoms with E-state index >= 15 is 0 Å². The van der Waals surface area contributed by atoms with Crippen LogP contribution >= 0.6 is 0 Å². The van der Waals surface area contributed by atoms with Crippen molar-refractivity contribution in [2.75, 3.05) is 38.2 Å². The highest BCUT2D eigenvalue weighted by Gasteiger charge is 2.25. The largest absolute Gasteiger partial charge is 0.377 e. The summed E-state index contributed by atoms with van der Waals surface area (Å²) in [5, 5.41) is 5.19. The fraction of sp³-hybridized carbons (Fsp3) is 0.619. The molecular weight excluding hydrogens is 358 g/mol. The summed E-state index contributed by atoms with van der Waals surface area (Å²) in [6.07, 6.45) is 4.44. The highest BCUT2D eigenvalue weighted by molar-refractivity contribution is 6.02. The molecule has 2 heterocycles. The molecule has 2 N–H and O–H groups in total. The van der Waals surface area contributed by atoms with E-state index in [1.807, 2.05) is 36.9 Å². The van der Waals surface area contributed by atoms with E-state index in [0.29, 0.717) is 18.8 Å². The Bertz CT molecular complexity index is 664. The fourth-order valence-electron chi connectivity index (χ4n) is 3.83. The van der Waals surface area contributed by atoms with E-state index in [4.69, 9.17) is 9.47 Å². The number of nitrogens with zero attached hydrogens (tertiary/aromatic N) is 1. The third kappa shape index (κ3) is 6.29. The van der Waals surface area contributed by atoms with Gasteiger partial charge in [-0.1, -0.05) is 17.7 Å². The van der Waals surface area contributed by atoms with Crippen LogP contribution < -0.4 is 10.6 Å². The van der Waals surface area contributed by atoms with Crippen molar-refractivity contribution in [1.29, 1.82) is 0 Å². The molecule has 1 aromatic rings. The van der Waals surface area contributed by atoms with E-state index in [1.165, 1.54) is 0 Å². The van der Waals surface area contributed by atoms with Crippen LogP contribution in [0.2, 0.25) is 0 Å². The molecule has 0 aliphatic carbocycles. The van der Waals surface area contributed by atoms with Crippen molar-refractivity contribution < 1.29 is 19.1 Å². The van der Waals surface area contributed by atoms with Gasteiger partial charge >= 0.3 is 6.03 Å². The number of anilines is 1. The zero-order valence-electron chi connectivity index (χ0n) is 16.8. The van der Waals surface area contributed by atoms with Crippen LogP contribution in [0.5, 0.6) is 0 Å². The summed E-state index contributed by atoms with van der Waals surface area (Å²) in [4.78, 5) is 26.7. The Morgan fingerprint density at radius 3 is 2.25 bits per heavy atom. The van der Waals surface area contributed by atoms with Gasteiger partial charge in [0.25, 0.3) is 0 Å². The highest BCUT2D eigenvalue weighted by Crippen LogP contribution is 2.18. The summed E-state index contributed by atoms with van der Waals surface area (Å²) >= 11 is 0. The van der Waals surface area contributed by atoms with Gasteiger partial charge in [-0.05, 0) is 51.2 Å². The number of imide groups is 1. The topological polar surface area (TPSA) is 79.9 Å². The maximum Gasteiger partial charge on any atom is 0.325 e. The monoisotopic (exact) mass is 389 g/mol. The lowest BCUT2D eigenvalue weighted by atomic mass is 10.1. The standard InChI is InChI=1S/C21H31N3O4/c1-15-7-8-19(16(2)11-15)22-21(26)23-20(25)14-24(12-17-5-3-9-27-17)13-18-6-4-10-28-18/h7-8,11,17-18H,3-6,9-10,12-14H2,1-2H3,(H2,22,23,25,26). The van der Waals surface area contributed by atoms with Gasteiger partial charge in [0.1, 0.15) is 0 Å². The first kappa shape index (κ1) is 20.8. The third-order valence-corrected chi connectivity index (χ3v) is 5.22. The Hall–Kier alpha value is -1.96. The molecule has 2 fully saturated rings. The number of rotatable bonds is 7. The zero-order valence-corrected chi connectivity index (χ0v) is 16.8. The van der Waals surface area contributed by atoms with E-state index < -0.39 is 6.03 Å². The second-order valence-electron chi connectivity index (χ2n) is 7.78. The summed E-state index contributed by atoms with van der Waals surface area (Å²) in [7, 11) is 0. The summed E-state index contributed by atoms with van der Waals surface area (Å²) in [6.45, 7) is 7.01. The molecule has 1 aromatic carbocycles. The molecule has 2 aliphatic heterocycles. The molecule has 0 saturated carbocycles. The summed E-state index contributed by atoms with van der Waals surface area (Å²) in [6, 6.07) is 5.25. The SMILES string of the molecule is Cc1ccc(NC(=O)NC(=O)CN(CC2CCCO2)CC2CCCO2)c(C)c1. The molecule has 0 aromatic heterocycles. The maximum absolute atomic E-state index is 12.4. The number of benzene rings is 1. The second-order valence-corrected chi connectivity index (χ2v) is 7.78. The van der Waals surface area contributed by atoms with Gasteiger partial charge in [-0.15, -0.1) is 0 Å². The number of ether oxygens (including phenoxy) is 2. The van der Waals surface area contributed by atoms with E-state index in [0.717, 1.165) is 50.0 Å². The molecule has 0 bridgehead atoms. The van der Waals surface area contributed by atoms with Gasteiger partial charge in [0.15, 0.2) is 0 Å². The van der Waals surface area contributed by atoms with E-state index in [-0.39, 0.29) is 24.7 Å². The fourth-order valence-corrected chi connectivity index (χ4v) is 3.83. The maximum atomic E-state index is 12.4. The van der Waals surface area contributed by atoms with Crippen molar-refractivity contribution in [2.45, 2.75) is 51.7 Å². The smallest absolute Gasteiger partial charge is 0.325 e. The Kier molecular flexibility index (Phi) is 7.42. The average molecular weight is 389 g/mol. The van der Waals surface area contributed by atoms with E-state index in [2.05, 4.69) is 10.6 Å². The molecule has 7 heteroatoms. The number of urea groups is 1. The normalized spacial score (nSPS) is 21.8. The first-order chi connectivity index (χ1) is 13.5. The Labute approximate surface area is 166 Å². The molecule has 2 unspecified atom stereocenters. The lowest BCUT2D eigenvalue weighted by molar-refractivity contribution is -0.121. The molecule has 2 atom stereocenters. The van der Waals surface area contributed by atoms with Gasteiger partial charge in [-0.3, -0.25) is 15.0 Å². The molecule has 3 rings (SSSR count). The molecule has 3 amide bonds. The Morgan fingerprint density at radius 2 is 1.71 bits per heavy atom. The lowest BCUT2D eigenvalue weighted by Crippen LogP contribution is -2.46. The van der Waals surface area contributed by atoms with Gasteiger partial charge < -0.3 is 14.8 Å². The van der Waals surface area contributed by atoms with Crippen molar-refractivity contribution in [3.05, 3.63) is 29.3 Å². The van der Waals surface area contributed by atoms with Gasteiger partial charge in [0.05, 0.1) is 18.8 Å². The van der Waals surface area contributed by atoms with Crippen LogP contribution in [0.4, 0.5) is 10.5 Å². The van der Waals surface area contributed by atoms with Crippen LogP contribution in [-0.2, 0) is 14.3 Å². The zero-order chi connectivity index (χ0) is 19.9. The highest BCUT2D eigenvalue weighted by atomic mass is 16.5. The first-order valence-corrected chi connectivity index (χ1v) is 10.1. The van der Waals surface area contributed by atoms with Crippen molar-refractivity contribution in [1.82, 2.24) is 10.2 Å². The van der Waals surface area contributed by atoms with Crippen LogP contribution in [0.25, 0.3) is 0 Å². The number of nitrogens with one attached hydrogen (secondary N) is 2. The lowest BCUT2D eigenvalue weighted by Gasteiger charge is -2.26.